The van der Waals surface area contributed by atoms with Crippen molar-refractivity contribution < 1.29 is 13.5 Å². The van der Waals surface area contributed by atoms with Crippen LogP contribution in [-0.2, 0) is 10.0 Å². The van der Waals surface area contributed by atoms with Crippen LogP contribution >= 0.6 is 11.3 Å². The third-order valence-corrected chi connectivity index (χ3v) is 5.82. The summed E-state index contributed by atoms with van der Waals surface area (Å²) in [4.78, 5) is 4.91. The molecule has 2 rings (SSSR count). The molecule has 1 unspecified atom stereocenters. The third kappa shape index (κ3) is 2.41. The molecule has 9 heteroatoms. The minimum absolute atomic E-state index is 0.110. The Hall–Kier alpha value is -1.16. The zero-order chi connectivity index (χ0) is 14.9. The summed E-state index contributed by atoms with van der Waals surface area (Å²) in [6.45, 7) is 3.87. The number of sulfonamides is 1. The van der Waals surface area contributed by atoms with Crippen LogP contribution in [0, 0.1) is 0 Å². The van der Waals surface area contributed by atoms with Gasteiger partial charge in [-0.2, -0.15) is 4.31 Å². The van der Waals surface area contributed by atoms with E-state index in [4.69, 9.17) is 5.11 Å². The number of likely N-dealkylation sites (N-methyl/N-ethyl adjacent to an activating group) is 1. The Bertz CT molecular complexity index is 692. The Labute approximate surface area is 121 Å². The standard InChI is InChI=1S/C11H18N4O3S2/c1-4-12-9-10(15-5-6-19-11(15)13-9)20(17,18)14(3)8(2)7-16/h5-6,8,12,16H,4,7H2,1-3H3. The molecule has 1 atom stereocenters. The van der Waals surface area contributed by atoms with Crippen molar-refractivity contribution in [3.05, 3.63) is 11.6 Å². The highest BCUT2D eigenvalue weighted by molar-refractivity contribution is 7.89. The van der Waals surface area contributed by atoms with Crippen molar-refractivity contribution in [3.63, 3.8) is 0 Å². The normalized spacial score (nSPS) is 14.1. The van der Waals surface area contributed by atoms with Gasteiger partial charge in [-0.3, -0.25) is 4.40 Å². The van der Waals surface area contributed by atoms with E-state index < -0.39 is 16.1 Å². The minimum Gasteiger partial charge on any atom is -0.395 e. The number of hydrogen-bond acceptors (Lipinski definition) is 6. The fourth-order valence-electron chi connectivity index (χ4n) is 1.78. The van der Waals surface area contributed by atoms with E-state index in [1.165, 1.54) is 18.4 Å². The number of nitrogens with zero attached hydrogens (tertiary/aromatic N) is 3. The SMILES string of the molecule is CCNc1nc2sccn2c1S(=O)(=O)N(C)C(C)CO. The van der Waals surface area contributed by atoms with E-state index in [1.54, 1.807) is 22.9 Å². The second kappa shape index (κ2) is 5.68. The molecule has 0 aliphatic rings. The monoisotopic (exact) mass is 318 g/mol. The lowest BCUT2D eigenvalue weighted by Crippen LogP contribution is -2.38. The van der Waals surface area contributed by atoms with Crippen LogP contribution in [0.25, 0.3) is 4.96 Å². The van der Waals surface area contributed by atoms with Gasteiger partial charge in [-0.15, -0.1) is 11.3 Å². The first-order valence-electron chi connectivity index (χ1n) is 6.21. The predicted molar refractivity (Wildman–Crippen MR) is 78.7 cm³/mol. The summed E-state index contributed by atoms with van der Waals surface area (Å²) >= 11 is 1.37. The molecule has 20 heavy (non-hydrogen) atoms. The van der Waals surface area contributed by atoms with Gasteiger partial charge in [-0.25, -0.2) is 13.4 Å². The van der Waals surface area contributed by atoms with E-state index in [9.17, 15) is 8.42 Å². The van der Waals surface area contributed by atoms with Crippen LogP contribution in [0.4, 0.5) is 5.82 Å². The Morgan fingerprint density at radius 2 is 2.30 bits per heavy atom. The Kier molecular flexibility index (Phi) is 4.33. The molecule has 0 aliphatic carbocycles. The highest BCUT2D eigenvalue weighted by atomic mass is 32.2. The largest absolute Gasteiger partial charge is 0.395 e. The number of imidazole rings is 1. The van der Waals surface area contributed by atoms with E-state index in [0.717, 1.165) is 4.31 Å². The second-order valence-corrected chi connectivity index (χ2v) is 7.19. The number of aromatic nitrogens is 2. The van der Waals surface area contributed by atoms with Gasteiger partial charge in [-0.1, -0.05) is 0 Å². The van der Waals surface area contributed by atoms with Gasteiger partial charge in [-0.05, 0) is 13.8 Å². The van der Waals surface area contributed by atoms with Crippen LogP contribution in [0.15, 0.2) is 16.6 Å². The molecule has 112 valence electrons. The summed E-state index contributed by atoms with van der Waals surface area (Å²) in [5, 5.41) is 14.0. The number of aliphatic hydroxyl groups is 1. The first kappa shape index (κ1) is 15.2. The number of aliphatic hydroxyl groups excluding tert-OH is 1. The number of nitrogens with one attached hydrogen (secondary N) is 1. The molecule has 0 fully saturated rings. The summed E-state index contributed by atoms with van der Waals surface area (Å²) < 4.78 is 28.2. The summed E-state index contributed by atoms with van der Waals surface area (Å²) in [5.41, 5.74) is 0. The molecule has 0 aliphatic heterocycles. The molecule has 0 spiro atoms. The quantitative estimate of drug-likeness (QED) is 0.824. The Balaban J connectivity index is 2.60. The van der Waals surface area contributed by atoms with E-state index in [2.05, 4.69) is 10.3 Å². The zero-order valence-electron chi connectivity index (χ0n) is 11.6. The van der Waals surface area contributed by atoms with Crippen molar-refractivity contribution in [2.24, 2.45) is 0 Å². The summed E-state index contributed by atoms with van der Waals surface area (Å²) in [6, 6.07) is -0.501. The zero-order valence-corrected chi connectivity index (χ0v) is 13.2. The Morgan fingerprint density at radius 1 is 1.60 bits per heavy atom. The number of fused-ring (bicyclic) bond motifs is 1. The van der Waals surface area contributed by atoms with Crippen molar-refractivity contribution in [3.8, 4) is 0 Å². The maximum atomic E-state index is 12.7. The molecule has 2 aromatic rings. The molecule has 0 saturated heterocycles. The lowest BCUT2D eigenvalue weighted by molar-refractivity contribution is 0.213. The molecular formula is C11H18N4O3S2. The maximum Gasteiger partial charge on any atom is 0.262 e. The van der Waals surface area contributed by atoms with Gasteiger partial charge < -0.3 is 10.4 Å². The van der Waals surface area contributed by atoms with Crippen LogP contribution in [0.1, 0.15) is 13.8 Å². The number of thiazole rings is 1. The molecular weight excluding hydrogens is 300 g/mol. The molecule has 2 aromatic heterocycles. The molecule has 7 nitrogen and oxygen atoms in total. The number of anilines is 1. The fourth-order valence-corrected chi connectivity index (χ4v) is 4.13. The molecule has 0 radical (unpaired) electrons. The molecule has 0 amide bonds. The molecule has 0 bridgehead atoms. The number of hydrogen-bond donors (Lipinski definition) is 2. The highest BCUT2D eigenvalue weighted by Crippen LogP contribution is 2.28. The van der Waals surface area contributed by atoms with Crippen molar-refractivity contribution in [2.45, 2.75) is 24.9 Å². The lowest BCUT2D eigenvalue weighted by atomic mass is 10.4. The average Bonchev–Trinajstić information content (AvgIpc) is 2.97. The molecule has 2 N–H and O–H groups in total. The average molecular weight is 318 g/mol. The van der Waals surface area contributed by atoms with Gasteiger partial charge in [0.05, 0.1) is 6.61 Å². The topological polar surface area (TPSA) is 86.9 Å². The van der Waals surface area contributed by atoms with Crippen molar-refractivity contribution in [1.29, 1.82) is 0 Å². The smallest absolute Gasteiger partial charge is 0.262 e. The summed E-state index contributed by atoms with van der Waals surface area (Å²) in [5.74, 6) is 0.344. The van der Waals surface area contributed by atoms with Crippen molar-refractivity contribution in [1.82, 2.24) is 13.7 Å². The molecule has 0 saturated carbocycles. The highest BCUT2D eigenvalue weighted by Gasteiger charge is 2.32. The van der Waals surface area contributed by atoms with Crippen molar-refractivity contribution >= 4 is 32.1 Å². The van der Waals surface area contributed by atoms with Crippen LogP contribution in [-0.4, -0.2) is 53.5 Å². The lowest BCUT2D eigenvalue weighted by Gasteiger charge is -2.22. The Morgan fingerprint density at radius 3 is 2.90 bits per heavy atom. The maximum absolute atomic E-state index is 12.7. The van der Waals surface area contributed by atoms with Crippen LogP contribution in [0.5, 0.6) is 0 Å². The van der Waals surface area contributed by atoms with E-state index in [1.807, 2.05) is 6.92 Å². The first-order chi connectivity index (χ1) is 9.43. The summed E-state index contributed by atoms with van der Waals surface area (Å²) in [7, 11) is -2.28. The van der Waals surface area contributed by atoms with E-state index >= 15 is 0 Å². The van der Waals surface area contributed by atoms with Gasteiger partial charge in [0.2, 0.25) is 0 Å². The van der Waals surface area contributed by atoms with E-state index in [-0.39, 0.29) is 11.6 Å². The number of rotatable bonds is 6. The predicted octanol–water partition coefficient (Wildman–Crippen LogP) is 0.829. The van der Waals surface area contributed by atoms with Gasteiger partial charge >= 0.3 is 0 Å². The summed E-state index contributed by atoms with van der Waals surface area (Å²) in [6.07, 6.45) is 1.68. The van der Waals surface area contributed by atoms with Crippen LogP contribution < -0.4 is 5.32 Å². The van der Waals surface area contributed by atoms with Gasteiger partial charge in [0.1, 0.15) is 0 Å². The fraction of sp³-hybridized carbons (Fsp3) is 0.545. The van der Waals surface area contributed by atoms with Gasteiger partial charge in [0, 0.05) is 31.2 Å². The van der Waals surface area contributed by atoms with Gasteiger partial charge in [0.25, 0.3) is 10.0 Å². The minimum atomic E-state index is -3.74. The van der Waals surface area contributed by atoms with Crippen molar-refractivity contribution in [2.75, 3.05) is 25.5 Å². The molecule has 0 aromatic carbocycles. The van der Waals surface area contributed by atoms with Crippen LogP contribution in [0.2, 0.25) is 0 Å². The van der Waals surface area contributed by atoms with Gasteiger partial charge in [0.15, 0.2) is 15.8 Å². The molecule has 2 heterocycles. The second-order valence-electron chi connectivity index (χ2n) is 4.40. The first-order valence-corrected chi connectivity index (χ1v) is 8.53. The third-order valence-electron chi connectivity index (χ3n) is 3.07. The van der Waals surface area contributed by atoms with E-state index in [0.29, 0.717) is 17.3 Å². The van der Waals surface area contributed by atoms with Crippen LogP contribution in [0.3, 0.4) is 0 Å².